The quantitative estimate of drug-likeness (QED) is 0.841. The molecule has 2 aromatic carbocycles. The summed E-state index contributed by atoms with van der Waals surface area (Å²) in [5, 5.41) is 6.86. The van der Waals surface area contributed by atoms with Crippen molar-refractivity contribution in [2.75, 3.05) is 26.3 Å². The molecule has 4 nitrogen and oxygen atoms in total. The average molecular weight is 379 g/mol. The van der Waals surface area contributed by atoms with Crippen LogP contribution in [0, 0.1) is 0 Å². The topological polar surface area (TPSA) is 42.5 Å². The fourth-order valence-corrected chi connectivity index (χ4v) is 4.65. The van der Waals surface area contributed by atoms with E-state index >= 15 is 0 Å². The second-order valence-electron chi connectivity index (χ2n) is 8.18. The molecule has 4 heteroatoms. The number of hydrogen-bond acceptors (Lipinski definition) is 4. The van der Waals surface area contributed by atoms with Crippen LogP contribution < -0.4 is 10.6 Å². The molecule has 4 heterocycles. The van der Waals surface area contributed by atoms with Crippen molar-refractivity contribution < 1.29 is 9.47 Å². The highest BCUT2D eigenvalue weighted by Gasteiger charge is 2.33. The molecule has 0 aliphatic carbocycles. The van der Waals surface area contributed by atoms with Gasteiger partial charge in [0.15, 0.2) is 0 Å². The molecule has 148 valence electrons. The highest BCUT2D eigenvalue weighted by Crippen LogP contribution is 2.33. The Morgan fingerprint density at radius 2 is 1.07 bits per heavy atom. The van der Waals surface area contributed by atoms with Crippen LogP contribution in [0.5, 0.6) is 0 Å². The molecule has 28 heavy (non-hydrogen) atoms. The van der Waals surface area contributed by atoms with Crippen molar-refractivity contribution in [1.82, 2.24) is 10.6 Å². The molecule has 0 radical (unpaired) electrons. The monoisotopic (exact) mass is 378 g/mol. The second kappa shape index (κ2) is 8.34. The van der Waals surface area contributed by atoms with Crippen molar-refractivity contribution in [3.05, 3.63) is 70.8 Å². The summed E-state index contributed by atoms with van der Waals surface area (Å²) >= 11 is 0. The second-order valence-corrected chi connectivity index (χ2v) is 8.18. The van der Waals surface area contributed by atoms with Crippen LogP contribution in [0.25, 0.3) is 0 Å². The average Bonchev–Trinajstić information content (AvgIpc) is 2.67. The predicted octanol–water partition coefficient (Wildman–Crippen LogP) is 3.32. The zero-order chi connectivity index (χ0) is 18.8. The zero-order valence-electron chi connectivity index (χ0n) is 16.4. The number of rotatable bonds is 2. The van der Waals surface area contributed by atoms with Crippen molar-refractivity contribution in [2.24, 2.45) is 0 Å². The summed E-state index contributed by atoms with van der Waals surface area (Å²) in [6, 6.07) is 18.4. The van der Waals surface area contributed by atoms with Crippen LogP contribution in [0.1, 0.15) is 47.3 Å². The lowest BCUT2D eigenvalue weighted by atomic mass is 9.89. The lowest BCUT2D eigenvalue weighted by molar-refractivity contribution is -0.00153. The molecule has 0 amide bonds. The molecule has 4 atom stereocenters. The smallest absolute Gasteiger partial charge is 0.0981 e. The van der Waals surface area contributed by atoms with Gasteiger partial charge in [-0.3, -0.25) is 0 Å². The van der Waals surface area contributed by atoms with Gasteiger partial charge in [0.2, 0.25) is 0 Å². The Morgan fingerprint density at radius 3 is 1.46 bits per heavy atom. The molecule has 2 N–H and O–H groups in total. The van der Waals surface area contributed by atoms with E-state index in [0.29, 0.717) is 24.3 Å². The van der Waals surface area contributed by atoms with Gasteiger partial charge < -0.3 is 20.1 Å². The first kappa shape index (κ1) is 18.3. The third-order valence-electron chi connectivity index (χ3n) is 6.52. The van der Waals surface area contributed by atoms with Gasteiger partial charge in [0.25, 0.3) is 0 Å². The molecule has 4 aliphatic heterocycles. The molecule has 0 bridgehead atoms. The molecule has 0 spiro atoms. The van der Waals surface area contributed by atoms with Crippen LogP contribution in [-0.2, 0) is 22.3 Å². The standard InChI is InChI=1S/2C12H15NO/c2*1-2-4-10-9(3-1)6-8-14-12(10)11-5-7-13-11/h2*1-4,11-13H,5-8H2/t11-,12+;11-,12-/m11/s1. The Kier molecular flexibility index (Phi) is 5.45. The summed E-state index contributed by atoms with van der Waals surface area (Å²) in [6.45, 7) is 4.04. The maximum Gasteiger partial charge on any atom is 0.0981 e. The van der Waals surface area contributed by atoms with Crippen LogP contribution in [-0.4, -0.2) is 38.4 Å². The van der Waals surface area contributed by atoms with E-state index in [1.165, 1.54) is 35.1 Å². The van der Waals surface area contributed by atoms with Crippen LogP contribution in [0.15, 0.2) is 48.5 Å². The fraction of sp³-hybridized carbons (Fsp3) is 0.500. The Morgan fingerprint density at radius 1 is 0.643 bits per heavy atom. The van der Waals surface area contributed by atoms with Crippen LogP contribution in [0.4, 0.5) is 0 Å². The van der Waals surface area contributed by atoms with Gasteiger partial charge in [0.05, 0.1) is 25.4 Å². The molecule has 2 aromatic rings. The van der Waals surface area contributed by atoms with Crippen molar-refractivity contribution in [2.45, 2.75) is 50.0 Å². The van der Waals surface area contributed by atoms with E-state index in [0.717, 1.165) is 39.1 Å². The normalized spacial score (nSPS) is 30.6. The van der Waals surface area contributed by atoms with Gasteiger partial charge in [-0.05, 0) is 61.0 Å². The van der Waals surface area contributed by atoms with Crippen LogP contribution >= 0.6 is 0 Å². The van der Waals surface area contributed by atoms with E-state index in [1.54, 1.807) is 0 Å². The minimum Gasteiger partial charge on any atom is -0.372 e. The van der Waals surface area contributed by atoms with Gasteiger partial charge in [-0.25, -0.2) is 0 Å². The highest BCUT2D eigenvalue weighted by atomic mass is 16.5. The fourth-order valence-electron chi connectivity index (χ4n) is 4.65. The van der Waals surface area contributed by atoms with Gasteiger partial charge in [0.1, 0.15) is 0 Å². The summed E-state index contributed by atoms with van der Waals surface area (Å²) in [5.74, 6) is 0. The van der Waals surface area contributed by atoms with E-state index in [9.17, 15) is 0 Å². The molecule has 4 aliphatic rings. The largest absolute Gasteiger partial charge is 0.372 e. The van der Waals surface area contributed by atoms with Crippen molar-refractivity contribution in [1.29, 1.82) is 0 Å². The molecular weight excluding hydrogens is 348 g/mol. The molecule has 2 saturated heterocycles. The summed E-state index contributed by atoms with van der Waals surface area (Å²) in [4.78, 5) is 0. The Labute approximate surface area is 167 Å². The SMILES string of the molecule is c1ccc2c(c1)CCO[C@@H]2[C@H]1CCN1.c1ccc2c(c1)CCO[C@H]2[C@H]1CCN1. The summed E-state index contributed by atoms with van der Waals surface area (Å²) in [5.41, 5.74) is 5.74. The Balaban J connectivity index is 0.000000122. The maximum atomic E-state index is 5.85. The first-order valence-electron chi connectivity index (χ1n) is 10.8. The van der Waals surface area contributed by atoms with Gasteiger partial charge in [-0.2, -0.15) is 0 Å². The Hall–Kier alpha value is -1.72. The number of ether oxygens (including phenoxy) is 2. The maximum absolute atomic E-state index is 5.85. The first-order chi connectivity index (χ1) is 13.9. The summed E-state index contributed by atoms with van der Waals surface area (Å²) < 4.78 is 11.7. The summed E-state index contributed by atoms with van der Waals surface area (Å²) in [7, 11) is 0. The molecule has 0 unspecified atom stereocenters. The zero-order valence-corrected chi connectivity index (χ0v) is 16.4. The minimum absolute atomic E-state index is 0.300. The first-order valence-corrected chi connectivity index (χ1v) is 10.8. The van der Waals surface area contributed by atoms with E-state index in [4.69, 9.17) is 9.47 Å². The van der Waals surface area contributed by atoms with E-state index in [-0.39, 0.29) is 0 Å². The highest BCUT2D eigenvalue weighted by molar-refractivity contribution is 5.33. The third-order valence-corrected chi connectivity index (χ3v) is 6.52. The van der Waals surface area contributed by atoms with Crippen LogP contribution in [0.2, 0.25) is 0 Å². The molecule has 0 aromatic heterocycles. The van der Waals surface area contributed by atoms with E-state index < -0.39 is 0 Å². The number of nitrogens with one attached hydrogen (secondary N) is 2. The van der Waals surface area contributed by atoms with Crippen molar-refractivity contribution in [3.63, 3.8) is 0 Å². The minimum atomic E-state index is 0.300. The van der Waals surface area contributed by atoms with Gasteiger partial charge in [-0.15, -0.1) is 0 Å². The molecule has 0 saturated carbocycles. The van der Waals surface area contributed by atoms with Crippen LogP contribution in [0.3, 0.4) is 0 Å². The summed E-state index contributed by atoms with van der Waals surface area (Å²) in [6.07, 6.45) is 5.24. The molecule has 6 rings (SSSR count). The van der Waals surface area contributed by atoms with E-state index in [1.807, 2.05) is 0 Å². The van der Waals surface area contributed by atoms with E-state index in [2.05, 4.69) is 59.2 Å². The van der Waals surface area contributed by atoms with Crippen molar-refractivity contribution in [3.8, 4) is 0 Å². The Bertz CT molecular complexity index is 733. The number of hydrogen-bond donors (Lipinski definition) is 2. The van der Waals surface area contributed by atoms with Gasteiger partial charge in [0, 0.05) is 12.1 Å². The number of fused-ring (bicyclic) bond motifs is 2. The third kappa shape index (κ3) is 3.62. The molecular formula is C24H30N2O2. The lowest BCUT2D eigenvalue weighted by Crippen LogP contribution is -2.48. The number of benzene rings is 2. The van der Waals surface area contributed by atoms with Gasteiger partial charge in [-0.1, -0.05) is 48.5 Å². The molecule has 2 fully saturated rings. The van der Waals surface area contributed by atoms with Gasteiger partial charge >= 0.3 is 0 Å². The lowest BCUT2D eigenvalue weighted by Gasteiger charge is -2.38. The van der Waals surface area contributed by atoms with Crippen molar-refractivity contribution >= 4 is 0 Å². The predicted molar refractivity (Wildman–Crippen MR) is 110 cm³/mol.